The van der Waals surface area contributed by atoms with Crippen molar-refractivity contribution in [2.75, 3.05) is 19.8 Å². The Morgan fingerprint density at radius 2 is 2.03 bits per heavy atom. The molecule has 8 heteroatoms. The monoisotopic (exact) mass is 469 g/mol. The molecule has 3 aliphatic rings. The number of aliphatic carboxylic acids is 1. The number of pyridine rings is 1. The molecule has 1 aliphatic heterocycles. The van der Waals surface area contributed by atoms with Gasteiger partial charge in [0.2, 0.25) is 5.91 Å². The molecule has 2 heterocycles. The van der Waals surface area contributed by atoms with Gasteiger partial charge in [-0.15, -0.1) is 0 Å². The highest BCUT2D eigenvalue weighted by Crippen LogP contribution is 2.34. The predicted octanol–water partition coefficient (Wildman–Crippen LogP) is 2.97. The van der Waals surface area contributed by atoms with Crippen LogP contribution in [0.25, 0.3) is 0 Å². The van der Waals surface area contributed by atoms with Crippen LogP contribution in [0.4, 0.5) is 0 Å². The summed E-state index contributed by atoms with van der Waals surface area (Å²) in [4.78, 5) is 29.2. The molecule has 34 heavy (non-hydrogen) atoms. The zero-order chi connectivity index (χ0) is 24.0. The smallest absolute Gasteiger partial charge is 0.326 e. The van der Waals surface area contributed by atoms with E-state index in [0.717, 1.165) is 38.5 Å². The zero-order valence-electron chi connectivity index (χ0n) is 19.8. The number of carbonyl (C=O) groups excluding carboxylic acids is 1. The summed E-state index contributed by atoms with van der Waals surface area (Å²) in [5, 5.41) is 21.6. The van der Waals surface area contributed by atoms with E-state index in [2.05, 4.69) is 23.5 Å². The number of nitrogens with one attached hydrogen (secondary N) is 1. The molecule has 0 aromatic carbocycles. The summed E-state index contributed by atoms with van der Waals surface area (Å²) < 4.78 is 11.1. The fourth-order valence-corrected chi connectivity index (χ4v) is 5.18. The summed E-state index contributed by atoms with van der Waals surface area (Å²) in [5.41, 5.74) is 2.68. The summed E-state index contributed by atoms with van der Waals surface area (Å²) in [5.74, 6) is -1.02. The van der Waals surface area contributed by atoms with E-state index in [1.54, 1.807) is 0 Å². The average molecular weight is 470 g/mol. The number of rotatable bonds is 10. The van der Waals surface area contributed by atoms with E-state index in [9.17, 15) is 20.0 Å². The summed E-state index contributed by atoms with van der Waals surface area (Å²) >= 11 is 0. The summed E-state index contributed by atoms with van der Waals surface area (Å²) in [6.45, 7) is 0.921. The number of ether oxygens (including phenoxy) is 2. The van der Waals surface area contributed by atoms with Gasteiger partial charge in [-0.1, -0.05) is 6.07 Å². The van der Waals surface area contributed by atoms with Gasteiger partial charge in [0.25, 0.3) is 0 Å². The molecule has 0 bridgehead atoms. The Morgan fingerprint density at radius 3 is 2.76 bits per heavy atom. The molecule has 1 aromatic heterocycles. The third kappa shape index (κ3) is 5.94. The fourth-order valence-electron chi connectivity index (χ4n) is 5.18. The van der Waals surface area contributed by atoms with Crippen molar-refractivity contribution in [1.29, 1.82) is 5.26 Å². The number of hydrogen-bond acceptors (Lipinski definition) is 6. The molecule has 1 unspecified atom stereocenters. The first-order valence-corrected chi connectivity index (χ1v) is 12.6. The van der Waals surface area contributed by atoms with Crippen LogP contribution in [0.15, 0.2) is 12.1 Å². The maximum atomic E-state index is 12.6. The van der Waals surface area contributed by atoms with Gasteiger partial charge < -0.3 is 19.9 Å². The molecule has 1 atom stereocenters. The van der Waals surface area contributed by atoms with Gasteiger partial charge in [0.15, 0.2) is 0 Å². The number of nitriles is 1. The first-order chi connectivity index (χ1) is 16.5. The average Bonchev–Trinajstić information content (AvgIpc) is 2.84. The van der Waals surface area contributed by atoms with E-state index in [4.69, 9.17) is 14.5 Å². The number of nitrogens with zero attached hydrogens (tertiary/aromatic N) is 2. The summed E-state index contributed by atoms with van der Waals surface area (Å²) in [7, 11) is 0. The second-order valence-electron chi connectivity index (χ2n) is 9.94. The van der Waals surface area contributed by atoms with Gasteiger partial charge in [0.1, 0.15) is 11.5 Å². The van der Waals surface area contributed by atoms with E-state index in [0.29, 0.717) is 19.1 Å². The second-order valence-corrected chi connectivity index (χ2v) is 9.94. The Kier molecular flexibility index (Phi) is 8.17. The highest BCUT2D eigenvalue weighted by molar-refractivity contribution is 5.89. The summed E-state index contributed by atoms with van der Waals surface area (Å²) in [6, 6.07) is 5.44. The Morgan fingerprint density at radius 1 is 1.26 bits per heavy atom. The van der Waals surface area contributed by atoms with Crippen molar-refractivity contribution in [2.24, 2.45) is 11.3 Å². The van der Waals surface area contributed by atoms with Gasteiger partial charge in [-0.05, 0) is 81.8 Å². The van der Waals surface area contributed by atoms with Crippen LogP contribution in [-0.2, 0) is 38.3 Å². The Balaban J connectivity index is 1.15. The maximum absolute atomic E-state index is 12.6. The zero-order valence-corrected chi connectivity index (χ0v) is 19.8. The van der Waals surface area contributed by atoms with Crippen LogP contribution in [0, 0.1) is 22.7 Å². The number of carboxylic acid groups (broad SMARTS) is 1. The van der Waals surface area contributed by atoms with E-state index in [-0.39, 0.29) is 32.0 Å². The number of hydrogen-bond donors (Lipinski definition) is 2. The maximum Gasteiger partial charge on any atom is 0.326 e. The SMILES string of the molecule is N#CC1(C(=O)NC(CCOC2CC(CCc3ccc4c(n3)CCCC4)C2)C(=O)O)CCOCC1. The van der Waals surface area contributed by atoms with Crippen molar-refractivity contribution in [3.05, 3.63) is 29.1 Å². The van der Waals surface area contributed by atoms with Crippen molar-refractivity contribution >= 4 is 11.9 Å². The lowest BCUT2D eigenvalue weighted by Crippen LogP contribution is -2.50. The quantitative estimate of drug-likeness (QED) is 0.540. The van der Waals surface area contributed by atoms with Crippen molar-refractivity contribution in [3.63, 3.8) is 0 Å². The van der Waals surface area contributed by atoms with Gasteiger partial charge >= 0.3 is 5.97 Å². The van der Waals surface area contributed by atoms with E-state index < -0.39 is 23.3 Å². The van der Waals surface area contributed by atoms with Gasteiger partial charge in [-0.25, -0.2) is 4.79 Å². The number of carboxylic acids is 1. The van der Waals surface area contributed by atoms with E-state index in [1.165, 1.54) is 29.8 Å². The van der Waals surface area contributed by atoms with Gasteiger partial charge in [0.05, 0.1) is 12.2 Å². The van der Waals surface area contributed by atoms with Crippen molar-refractivity contribution in [2.45, 2.75) is 82.8 Å². The van der Waals surface area contributed by atoms with E-state index in [1.807, 2.05) is 0 Å². The van der Waals surface area contributed by atoms with Crippen LogP contribution in [0.5, 0.6) is 0 Å². The van der Waals surface area contributed by atoms with Crippen molar-refractivity contribution < 1.29 is 24.2 Å². The molecule has 2 aliphatic carbocycles. The fraction of sp³-hybridized carbons (Fsp3) is 0.692. The number of carbonyl (C=O) groups is 2. The minimum atomic E-state index is -1.21. The molecule has 1 amide bonds. The largest absolute Gasteiger partial charge is 0.480 e. The third-order valence-corrected chi connectivity index (χ3v) is 7.60. The predicted molar refractivity (Wildman–Crippen MR) is 124 cm³/mol. The minimum Gasteiger partial charge on any atom is -0.480 e. The lowest BCUT2D eigenvalue weighted by molar-refractivity contribution is -0.145. The second kappa shape index (κ2) is 11.3. The molecule has 0 radical (unpaired) electrons. The lowest BCUT2D eigenvalue weighted by Gasteiger charge is -2.35. The molecule has 0 spiro atoms. The highest BCUT2D eigenvalue weighted by atomic mass is 16.5. The lowest BCUT2D eigenvalue weighted by atomic mass is 9.79. The number of fused-ring (bicyclic) bond motifs is 1. The molecule has 2 N–H and O–H groups in total. The first-order valence-electron chi connectivity index (χ1n) is 12.6. The number of amides is 1. The van der Waals surface area contributed by atoms with Crippen LogP contribution < -0.4 is 5.32 Å². The topological polar surface area (TPSA) is 122 Å². The Labute approximate surface area is 201 Å². The van der Waals surface area contributed by atoms with Crippen molar-refractivity contribution in [3.8, 4) is 6.07 Å². The van der Waals surface area contributed by atoms with Gasteiger partial charge in [-0.2, -0.15) is 5.26 Å². The molecule has 4 rings (SSSR count). The van der Waals surface area contributed by atoms with Crippen LogP contribution in [0.1, 0.15) is 68.3 Å². The molecular formula is C26H35N3O5. The molecule has 2 fully saturated rings. The Hall–Kier alpha value is -2.50. The molecule has 1 saturated carbocycles. The first kappa shape index (κ1) is 24.6. The minimum absolute atomic E-state index is 0.146. The van der Waals surface area contributed by atoms with Crippen LogP contribution in [-0.4, -0.2) is 53.9 Å². The number of aromatic nitrogens is 1. The summed E-state index contributed by atoms with van der Waals surface area (Å²) in [6.07, 6.45) is 9.70. The standard InChI is InChI=1S/C26H35N3O5/c27-17-26(10-13-33-14-11-26)25(32)29-23(24(30)31)9-12-34-21-15-18(16-21)5-7-20-8-6-19-3-1-2-4-22(19)28-20/h6,8,18,21,23H,1-5,7,9-16H2,(H,29,32)(H,30,31). The van der Waals surface area contributed by atoms with Gasteiger partial charge in [-0.3, -0.25) is 9.78 Å². The van der Waals surface area contributed by atoms with E-state index >= 15 is 0 Å². The molecular weight excluding hydrogens is 434 g/mol. The van der Waals surface area contributed by atoms with Crippen LogP contribution in [0.2, 0.25) is 0 Å². The molecule has 1 saturated heterocycles. The number of aryl methyl sites for hydroxylation is 3. The Bertz CT molecular complexity index is 916. The molecule has 1 aromatic rings. The highest BCUT2D eigenvalue weighted by Gasteiger charge is 2.42. The normalized spacial score (nSPS) is 24.2. The molecule has 184 valence electrons. The van der Waals surface area contributed by atoms with Gasteiger partial charge in [0, 0.05) is 37.6 Å². The van der Waals surface area contributed by atoms with Crippen LogP contribution >= 0.6 is 0 Å². The molecule has 8 nitrogen and oxygen atoms in total. The third-order valence-electron chi connectivity index (χ3n) is 7.60. The van der Waals surface area contributed by atoms with Crippen LogP contribution in [0.3, 0.4) is 0 Å². The van der Waals surface area contributed by atoms with Crippen molar-refractivity contribution in [1.82, 2.24) is 10.3 Å².